The first-order valence-electron chi connectivity index (χ1n) is 10.6. The fourth-order valence-electron chi connectivity index (χ4n) is 5.64. The van der Waals surface area contributed by atoms with Crippen LogP contribution in [0.1, 0.15) is 41.3 Å². The second-order valence-electron chi connectivity index (χ2n) is 9.15. The summed E-state index contributed by atoms with van der Waals surface area (Å²) in [6.45, 7) is 1.58. The van der Waals surface area contributed by atoms with E-state index in [1.165, 1.54) is 0 Å². The summed E-state index contributed by atoms with van der Waals surface area (Å²) in [5, 5.41) is 22.0. The lowest BCUT2D eigenvalue weighted by atomic mass is 9.53. The Balaban J connectivity index is 1.87. The summed E-state index contributed by atoms with van der Waals surface area (Å²) in [5.74, 6) is -4.83. The molecule has 2 fully saturated rings. The standard InChI is InChI=1S/C24H24N2O7/c1-4-5-10-8-14(26(2)3)13-7-11-6-12-9-15(27)18(23(25)32)22(31)24(12,33)21(30)16(11)20(29)17(13)19(10)28/h8,11-12,16,18,28,33H,6-7,9H2,1-3H3,(H2,25,32)/t11-,12+,16?,18?,24+/m1/s1. The molecule has 1 amide bonds. The zero-order valence-electron chi connectivity index (χ0n) is 18.5. The molecule has 3 aliphatic rings. The Morgan fingerprint density at radius 1 is 1.18 bits per heavy atom. The molecule has 1 aromatic carbocycles. The molecule has 4 N–H and O–H groups in total. The summed E-state index contributed by atoms with van der Waals surface area (Å²) >= 11 is 0. The van der Waals surface area contributed by atoms with Gasteiger partial charge in [-0.2, -0.15) is 0 Å². The molecule has 0 heterocycles. The largest absolute Gasteiger partial charge is 0.506 e. The smallest absolute Gasteiger partial charge is 0.235 e. The number of carbonyl (C=O) groups is 5. The molecule has 0 aliphatic heterocycles. The molecular weight excluding hydrogens is 428 g/mol. The summed E-state index contributed by atoms with van der Waals surface area (Å²) in [7, 11) is 3.55. The average molecular weight is 452 g/mol. The number of Topliss-reactive ketones (excluding diaryl/α,β-unsaturated/α-hetero) is 4. The third-order valence-corrected chi connectivity index (χ3v) is 7.12. The molecule has 0 radical (unpaired) electrons. The summed E-state index contributed by atoms with van der Waals surface area (Å²) < 4.78 is 0. The van der Waals surface area contributed by atoms with Gasteiger partial charge in [0.2, 0.25) is 5.91 Å². The van der Waals surface area contributed by atoms with E-state index in [9.17, 15) is 34.2 Å². The number of aliphatic hydroxyl groups is 1. The van der Waals surface area contributed by atoms with Crippen molar-refractivity contribution in [2.24, 2.45) is 29.4 Å². The SMILES string of the molecule is CC#Cc1cc(N(C)C)c2c(c1O)C(=O)C1C(=O)[C@]3(O)C(=O)C(C(N)=O)C(=O)C[C@@H]3C[C@@H]1C2. The Morgan fingerprint density at radius 3 is 2.42 bits per heavy atom. The van der Waals surface area contributed by atoms with Crippen LogP contribution in [0.2, 0.25) is 0 Å². The first-order valence-corrected chi connectivity index (χ1v) is 10.6. The van der Waals surface area contributed by atoms with E-state index < -0.39 is 58.3 Å². The predicted molar refractivity (Wildman–Crippen MR) is 115 cm³/mol. The number of hydrogen-bond donors (Lipinski definition) is 3. The fraction of sp³-hybridized carbons (Fsp3) is 0.458. The van der Waals surface area contributed by atoms with Crippen LogP contribution in [-0.2, 0) is 25.6 Å². The van der Waals surface area contributed by atoms with Crippen molar-refractivity contribution in [3.63, 3.8) is 0 Å². The number of nitrogens with two attached hydrogens (primary N) is 1. The minimum absolute atomic E-state index is 0.0543. The molecule has 0 aromatic heterocycles. The Bertz CT molecular complexity index is 1210. The highest BCUT2D eigenvalue weighted by Crippen LogP contribution is 2.51. The predicted octanol–water partition coefficient (Wildman–Crippen LogP) is -0.236. The molecule has 0 spiro atoms. The summed E-state index contributed by atoms with van der Waals surface area (Å²) in [6, 6.07) is 1.67. The number of amides is 1. The third-order valence-electron chi connectivity index (χ3n) is 7.12. The zero-order valence-corrected chi connectivity index (χ0v) is 18.5. The lowest BCUT2D eigenvalue weighted by Crippen LogP contribution is -2.68. The molecule has 33 heavy (non-hydrogen) atoms. The monoisotopic (exact) mass is 452 g/mol. The Labute approximate surface area is 189 Å². The van der Waals surface area contributed by atoms with Crippen molar-refractivity contribution in [3.8, 4) is 17.6 Å². The number of phenolic OH excluding ortho intramolecular Hbond substituents is 1. The molecular formula is C24H24N2O7. The van der Waals surface area contributed by atoms with Gasteiger partial charge in [0, 0.05) is 32.1 Å². The van der Waals surface area contributed by atoms with Gasteiger partial charge in [0.15, 0.2) is 34.7 Å². The van der Waals surface area contributed by atoms with Crippen molar-refractivity contribution in [1.29, 1.82) is 0 Å². The number of hydrogen-bond acceptors (Lipinski definition) is 8. The van der Waals surface area contributed by atoms with E-state index >= 15 is 0 Å². The van der Waals surface area contributed by atoms with Crippen LogP contribution in [0.4, 0.5) is 5.69 Å². The Morgan fingerprint density at radius 2 is 1.85 bits per heavy atom. The van der Waals surface area contributed by atoms with Gasteiger partial charge in [0.1, 0.15) is 5.75 Å². The number of primary amides is 1. The van der Waals surface area contributed by atoms with Gasteiger partial charge in [-0.15, -0.1) is 5.92 Å². The molecule has 3 aliphatic carbocycles. The molecule has 2 saturated carbocycles. The molecule has 172 valence electrons. The Kier molecular flexibility index (Phi) is 5.17. The van der Waals surface area contributed by atoms with Crippen LogP contribution < -0.4 is 10.6 Å². The number of nitrogens with zero attached hydrogens (tertiary/aromatic N) is 1. The van der Waals surface area contributed by atoms with Gasteiger partial charge in [0.05, 0.1) is 17.0 Å². The molecule has 4 rings (SSSR count). The minimum Gasteiger partial charge on any atom is -0.506 e. The summed E-state index contributed by atoms with van der Waals surface area (Å²) in [6.07, 6.45) is -0.0690. The number of aromatic hydroxyl groups is 1. The van der Waals surface area contributed by atoms with E-state index in [0.29, 0.717) is 11.3 Å². The lowest BCUT2D eigenvalue weighted by Gasteiger charge is -2.48. The molecule has 0 saturated heterocycles. The maximum absolute atomic E-state index is 13.6. The molecule has 2 unspecified atom stereocenters. The zero-order chi connectivity index (χ0) is 24.4. The van der Waals surface area contributed by atoms with Crippen LogP contribution >= 0.6 is 0 Å². The number of phenols is 1. The van der Waals surface area contributed by atoms with Gasteiger partial charge in [-0.3, -0.25) is 24.0 Å². The first kappa shape index (κ1) is 22.7. The third kappa shape index (κ3) is 3.01. The van der Waals surface area contributed by atoms with Gasteiger partial charge in [0.25, 0.3) is 0 Å². The second kappa shape index (κ2) is 7.52. The maximum Gasteiger partial charge on any atom is 0.235 e. The molecule has 9 nitrogen and oxygen atoms in total. The van der Waals surface area contributed by atoms with E-state index in [0.717, 1.165) is 0 Å². The number of rotatable bonds is 2. The van der Waals surface area contributed by atoms with Crippen LogP contribution in [0.3, 0.4) is 0 Å². The average Bonchev–Trinajstić information content (AvgIpc) is 2.72. The van der Waals surface area contributed by atoms with Crippen molar-refractivity contribution in [2.45, 2.75) is 31.8 Å². The highest BCUT2D eigenvalue weighted by Gasteiger charge is 2.66. The topological polar surface area (TPSA) is 155 Å². The highest BCUT2D eigenvalue weighted by atomic mass is 16.3. The number of benzene rings is 1. The van der Waals surface area contributed by atoms with Gasteiger partial charge < -0.3 is 20.8 Å². The Hall–Kier alpha value is -3.51. The number of ketones is 4. The van der Waals surface area contributed by atoms with Gasteiger partial charge >= 0.3 is 0 Å². The normalized spacial score (nSPS) is 30.5. The summed E-state index contributed by atoms with van der Waals surface area (Å²) in [5.41, 5.74) is 3.91. The first-order chi connectivity index (χ1) is 15.4. The van der Waals surface area contributed by atoms with E-state index in [1.54, 1.807) is 32.0 Å². The van der Waals surface area contributed by atoms with Crippen LogP contribution in [0.5, 0.6) is 5.75 Å². The van der Waals surface area contributed by atoms with E-state index in [-0.39, 0.29) is 36.1 Å². The number of carbonyl (C=O) groups excluding carboxylic acids is 5. The summed E-state index contributed by atoms with van der Waals surface area (Å²) in [4.78, 5) is 65.9. The maximum atomic E-state index is 13.6. The number of anilines is 1. The van der Waals surface area contributed by atoms with Crippen molar-refractivity contribution < 1.29 is 34.2 Å². The minimum atomic E-state index is -2.65. The number of fused-ring (bicyclic) bond motifs is 3. The van der Waals surface area contributed by atoms with Crippen molar-refractivity contribution >= 4 is 34.7 Å². The van der Waals surface area contributed by atoms with Gasteiger partial charge in [-0.1, -0.05) is 5.92 Å². The van der Waals surface area contributed by atoms with Crippen LogP contribution in [0.25, 0.3) is 0 Å². The van der Waals surface area contributed by atoms with Crippen LogP contribution in [0, 0.1) is 35.5 Å². The lowest BCUT2D eigenvalue weighted by molar-refractivity contribution is -0.175. The fourth-order valence-corrected chi connectivity index (χ4v) is 5.64. The molecule has 1 aromatic rings. The molecule has 9 heteroatoms. The highest BCUT2D eigenvalue weighted by molar-refractivity contribution is 6.31. The molecule has 5 atom stereocenters. The van der Waals surface area contributed by atoms with E-state index in [2.05, 4.69) is 11.8 Å². The van der Waals surface area contributed by atoms with Crippen molar-refractivity contribution in [3.05, 3.63) is 22.8 Å². The van der Waals surface area contributed by atoms with Crippen LogP contribution in [-0.4, -0.2) is 58.9 Å². The van der Waals surface area contributed by atoms with Crippen molar-refractivity contribution in [1.82, 2.24) is 0 Å². The molecule has 0 bridgehead atoms. The van der Waals surface area contributed by atoms with E-state index in [4.69, 9.17) is 5.73 Å². The van der Waals surface area contributed by atoms with E-state index in [1.807, 2.05) is 0 Å². The van der Waals surface area contributed by atoms with Crippen molar-refractivity contribution in [2.75, 3.05) is 19.0 Å². The van der Waals surface area contributed by atoms with Gasteiger partial charge in [-0.25, -0.2) is 0 Å². The van der Waals surface area contributed by atoms with Gasteiger partial charge in [-0.05, 0) is 37.3 Å². The van der Waals surface area contributed by atoms with Crippen LogP contribution in [0.15, 0.2) is 6.07 Å². The second-order valence-corrected chi connectivity index (χ2v) is 9.15. The quantitative estimate of drug-likeness (QED) is 0.410.